The second-order valence-electron chi connectivity index (χ2n) is 0.447. The third-order valence-corrected chi connectivity index (χ3v) is 0. The van der Waals surface area contributed by atoms with Crippen LogP contribution in [0, 0.1) is 0 Å². The smallest absolute Gasteiger partial charge is 0.870 e. The summed E-state index contributed by atoms with van der Waals surface area (Å²) in [5, 5.41) is 0. The Morgan fingerprint density at radius 1 is 1.00 bits per heavy atom. The first-order chi connectivity index (χ1) is 2.00. The van der Waals surface area contributed by atoms with Crippen molar-refractivity contribution in [2.45, 2.75) is 0 Å². The standard InChI is InChI=1S/K.H3O4P.2H2O/c;1-5(2,3)4;;/h;(H3,1,2,3,4);2*1H2/q+1;;;/p-5. The first-order valence-electron chi connectivity index (χ1n) is 0.730. The molecule has 8 heavy (non-hydrogen) atoms. The predicted octanol–water partition coefficient (Wildman–Crippen LogP) is -6.17. The molecule has 0 bridgehead atoms. The molecule has 0 unspecified atom stereocenters. The van der Waals surface area contributed by atoms with Crippen LogP contribution in [-0.4, -0.2) is 11.0 Å². The van der Waals surface area contributed by atoms with Crippen LogP contribution < -0.4 is 66.1 Å². The van der Waals surface area contributed by atoms with Gasteiger partial charge in [0.2, 0.25) is 0 Å². The molecule has 0 radical (unpaired) electrons. The maximum atomic E-state index is 8.55. The van der Waals surface area contributed by atoms with Crippen LogP contribution in [0.2, 0.25) is 0 Å². The van der Waals surface area contributed by atoms with Gasteiger partial charge in [-0.05, 0) is 0 Å². The van der Waals surface area contributed by atoms with Crippen LogP contribution in [0.4, 0.5) is 0 Å². The van der Waals surface area contributed by atoms with E-state index in [1.807, 2.05) is 0 Å². The molecule has 0 aromatic rings. The average molecular weight is 168 g/mol. The Labute approximate surface area is 88.2 Å². The third-order valence-electron chi connectivity index (χ3n) is 0. The molecule has 0 amide bonds. The van der Waals surface area contributed by atoms with Crippen molar-refractivity contribution < 1.29 is 81.6 Å². The molecule has 0 aromatic heterocycles. The minimum Gasteiger partial charge on any atom is -0.870 e. The molecule has 8 heteroatoms. The van der Waals surface area contributed by atoms with Gasteiger partial charge in [0.25, 0.3) is 0 Å². The molecule has 0 aliphatic carbocycles. The zero-order valence-electron chi connectivity index (χ0n) is 3.97. The number of hydrogen-bond acceptors (Lipinski definition) is 6. The van der Waals surface area contributed by atoms with Crippen LogP contribution >= 0.6 is 7.82 Å². The first kappa shape index (κ1) is 22.6. The monoisotopic (exact) mass is 168 g/mol. The minimum atomic E-state index is -5.39. The fraction of sp³-hybridized carbons (Fsp3) is 0. The largest absolute Gasteiger partial charge is 1.00 e. The maximum Gasteiger partial charge on any atom is 1.00 e. The van der Waals surface area contributed by atoms with Crippen LogP contribution in [0.5, 0.6) is 0 Å². The van der Waals surface area contributed by atoms with E-state index in [-0.39, 0.29) is 62.3 Å². The summed E-state index contributed by atoms with van der Waals surface area (Å²) >= 11 is 0. The van der Waals surface area contributed by atoms with E-state index in [2.05, 4.69) is 0 Å². The average Bonchev–Trinajstić information content (AvgIpc) is 0.722. The summed E-state index contributed by atoms with van der Waals surface area (Å²) in [7, 11) is -5.39. The van der Waals surface area contributed by atoms with E-state index >= 15 is 0 Å². The summed E-state index contributed by atoms with van der Waals surface area (Å²) in [6.07, 6.45) is 0. The molecule has 0 atom stereocenters. The molecule has 0 saturated heterocycles. The molecule has 6 nitrogen and oxygen atoms in total. The summed E-state index contributed by atoms with van der Waals surface area (Å²) in [4.78, 5) is 25.6. The van der Waals surface area contributed by atoms with E-state index in [0.717, 1.165) is 0 Å². The summed E-state index contributed by atoms with van der Waals surface area (Å²) in [6, 6.07) is 0. The number of hydrogen-bond donors (Lipinski definition) is 0. The summed E-state index contributed by atoms with van der Waals surface area (Å²) < 4.78 is 8.55. The molecule has 48 valence electrons. The van der Waals surface area contributed by atoms with E-state index in [0.29, 0.717) is 0 Å². The second kappa shape index (κ2) is 8.67. The Bertz CT molecular complexity index is 54.7. The van der Waals surface area contributed by atoms with Gasteiger partial charge >= 0.3 is 51.4 Å². The topological polar surface area (TPSA) is 146 Å². The Balaban J connectivity index is -0.0000000267. The molecular weight excluding hydrogens is 166 g/mol. The summed E-state index contributed by atoms with van der Waals surface area (Å²) in [6.45, 7) is 0. The summed E-state index contributed by atoms with van der Waals surface area (Å²) in [5.74, 6) is 0. The van der Waals surface area contributed by atoms with Gasteiger partial charge < -0.3 is 30.2 Å². The molecule has 0 fully saturated rings. The van der Waals surface area contributed by atoms with Crippen molar-refractivity contribution in [3.63, 3.8) is 0 Å². The van der Waals surface area contributed by atoms with Crippen molar-refractivity contribution in [1.29, 1.82) is 0 Å². The van der Waals surface area contributed by atoms with Gasteiger partial charge in [-0.25, -0.2) is 0 Å². The van der Waals surface area contributed by atoms with Gasteiger partial charge in [0.05, 0.1) is 0 Å². The molecule has 0 aliphatic heterocycles. The van der Waals surface area contributed by atoms with Gasteiger partial charge in [0.15, 0.2) is 0 Å². The quantitative estimate of drug-likeness (QED) is 0.259. The van der Waals surface area contributed by atoms with Crippen molar-refractivity contribution in [2.24, 2.45) is 0 Å². The van der Waals surface area contributed by atoms with Crippen LogP contribution in [0.1, 0.15) is 0 Å². The predicted molar refractivity (Wildman–Crippen MR) is 11.5 cm³/mol. The number of phosphoric acid groups is 1. The van der Waals surface area contributed by atoms with Gasteiger partial charge in [0.1, 0.15) is 0 Å². The van der Waals surface area contributed by atoms with Crippen molar-refractivity contribution in [3.8, 4) is 0 Å². The SMILES string of the molecule is O=P([O-])([O-])[O-].[K+].[OH-].[OH-]. The van der Waals surface area contributed by atoms with E-state index < -0.39 is 7.82 Å². The van der Waals surface area contributed by atoms with Gasteiger partial charge in [-0.3, -0.25) is 0 Å². The van der Waals surface area contributed by atoms with Crippen molar-refractivity contribution in [1.82, 2.24) is 0 Å². The van der Waals surface area contributed by atoms with Gasteiger partial charge in [-0.1, -0.05) is 0 Å². The molecule has 0 aliphatic rings. The van der Waals surface area contributed by atoms with Gasteiger partial charge in [-0.15, -0.1) is 0 Å². The van der Waals surface area contributed by atoms with Gasteiger partial charge in [-0.2, -0.15) is 7.82 Å². The Kier molecular flexibility index (Phi) is 24.5. The van der Waals surface area contributed by atoms with Crippen LogP contribution in [0.3, 0.4) is 0 Å². The van der Waals surface area contributed by atoms with Crippen molar-refractivity contribution in [3.05, 3.63) is 0 Å². The van der Waals surface area contributed by atoms with E-state index in [1.54, 1.807) is 0 Å². The Morgan fingerprint density at radius 2 is 1.00 bits per heavy atom. The molecule has 0 heterocycles. The second-order valence-corrected chi connectivity index (χ2v) is 1.34. The molecule has 0 rings (SSSR count). The Morgan fingerprint density at radius 3 is 1.00 bits per heavy atom. The molecule has 0 aromatic carbocycles. The van der Waals surface area contributed by atoms with Crippen LogP contribution in [0.15, 0.2) is 0 Å². The minimum absolute atomic E-state index is 0. The molecule has 0 spiro atoms. The van der Waals surface area contributed by atoms with E-state index in [4.69, 9.17) is 19.2 Å². The zero-order chi connectivity index (χ0) is 4.50. The fourth-order valence-electron chi connectivity index (χ4n) is 0. The number of rotatable bonds is 0. The molecule has 0 saturated carbocycles. The normalized spacial score (nSPS) is 7.38. The molecule has 2 N–H and O–H groups in total. The first-order valence-corrected chi connectivity index (χ1v) is 2.19. The molecular formula is H2KO6P-4. The van der Waals surface area contributed by atoms with Crippen molar-refractivity contribution in [2.75, 3.05) is 0 Å². The van der Waals surface area contributed by atoms with Crippen molar-refractivity contribution >= 4 is 7.82 Å². The van der Waals surface area contributed by atoms with E-state index in [1.165, 1.54) is 0 Å². The van der Waals surface area contributed by atoms with Crippen LogP contribution in [0.25, 0.3) is 0 Å². The fourth-order valence-corrected chi connectivity index (χ4v) is 0. The zero-order valence-corrected chi connectivity index (χ0v) is 7.99. The third kappa shape index (κ3) is 123. The summed E-state index contributed by atoms with van der Waals surface area (Å²) in [5.41, 5.74) is 0. The van der Waals surface area contributed by atoms with Gasteiger partial charge in [0, 0.05) is 0 Å². The van der Waals surface area contributed by atoms with Crippen LogP contribution in [-0.2, 0) is 4.57 Å². The Hall–Kier alpha value is 1.67. The van der Waals surface area contributed by atoms with E-state index in [9.17, 15) is 0 Å². The maximum absolute atomic E-state index is 8.55.